The van der Waals surface area contributed by atoms with Crippen molar-refractivity contribution >= 4 is 46.1 Å². The van der Waals surface area contributed by atoms with E-state index in [0.29, 0.717) is 45.7 Å². The average molecular weight is 480 g/mol. The number of nitriles is 1. The quantitative estimate of drug-likeness (QED) is 0.233. The molecule has 0 radical (unpaired) electrons. The van der Waals surface area contributed by atoms with Crippen LogP contribution in [0, 0.1) is 17.2 Å². The highest BCUT2D eigenvalue weighted by molar-refractivity contribution is 6.10. The molecular weight excluding hydrogens is 454 g/mol. The number of hydrogen-bond acceptors (Lipinski definition) is 5. The predicted molar refractivity (Wildman–Crippen MR) is 140 cm³/mol. The third-order valence-corrected chi connectivity index (χ3v) is 5.72. The first-order valence-electron chi connectivity index (χ1n) is 11.4. The number of benzene rings is 3. The number of rotatable bonds is 8. The van der Waals surface area contributed by atoms with Crippen molar-refractivity contribution in [2.75, 3.05) is 11.4 Å². The summed E-state index contributed by atoms with van der Waals surface area (Å²) in [5.74, 6) is -1.03. The van der Waals surface area contributed by atoms with Crippen molar-refractivity contribution in [1.82, 2.24) is 0 Å². The second-order valence-corrected chi connectivity index (χ2v) is 8.76. The molecule has 0 spiro atoms. The topological polar surface area (TPSA) is 121 Å². The van der Waals surface area contributed by atoms with E-state index in [4.69, 9.17) is 10.2 Å². The van der Waals surface area contributed by atoms with Gasteiger partial charge in [-0.3, -0.25) is 4.79 Å². The zero-order valence-corrected chi connectivity index (χ0v) is 19.9. The highest BCUT2D eigenvalue weighted by Gasteiger charge is 2.25. The van der Waals surface area contributed by atoms with Gasteiger partial charge in [-0.25, -0.2) is 4.79 Å². The summed E-state index contributed by atoms with van der Waals surface area (Å²) in [6.07, 6.45) is 1.56. The van der Waals surface area contributed by atoms with Crippen molar-refractivity contribution in [1.29, 1.82) is 5.26 Å². The standard InChI is InChI=1S/C29H25N3O4/c1-18(2)17-32(28-26(27(31)33)24-9-5-6-10-25(24)36-28)22-13-11-19(12-14-22)21(16-30)15-20-7-3-4-8-23(20)29(34)35/h3-15,18H,17H2,1-2H3,(H2,31,33)(H,34,35)/b21-15+. The molecule has 0 saturated carbocycles. The Labute approximate surface area is 208 Å². The fraction of sp³-hybridized carbons (Fsp3) is 0.138. The summed E-state index contributed by atoms with van der Waals surface area (Å²) in [6, 6.07) is 23.2. The Hall–Kier alpha value is -4.83. The summed E-state index contributed by atoms with van der Waals surface area (Å²) in [7, 11) is 0. The molecule has 7 heteroatoms. The lowest BCUT2D eigenvalue weighted by atomic mass is 10.00. The number of nitrogens with zero attached hydrogens (tertiary/aromatic N) is 2. The van der Waals surface area contributed by atoms with E-state index in [1.54, 1.807) is 48.5 Å². The smallest absolute Gasteiger partial charge is 0.336 e. The van der Waals surface area contributed by atoms with E-state index in [1.807, 2.05) is 29.2 Å². The van der Waals surface area contributed by atoms with Crippen LogP contribution < -0.4 is 10.6 Å². The minimum Gasteiger partial charge on any atom is -0.478 e. The van der Waals surface area contributed by atoms with Gasteiger partial charge in [0.25, 0.3) is 5.91 Å². The van der Waals surface area contributed by atoms with Gasteiger partial charge in [0, 0.05) is 17.6 Å². The number of allylic oxidation sites excluding steroid dienone is 1. The molecular formula is C29H25N3O4. The highest BCUT2D eigenvalue weighted by atomic mass is 16.4. The first-order chi connectivity index (χ1) is 17.3. The van der Waals surface area contributed by atoms with Crippen LogP contribution in [0.4, 0.5) is 11.6 Å². The van der Waals surface area contributed by atoms with E-state index in [2.05, 4.69) is 19.9 Å². The zero-order valence-electron chi connectivity index (χ0n) is 19.9. The van der Waals surface area contributed by atoms with Crippen LogP contribution in [0.15, 0.2) is 77.2 Å². The number of carboxylic acids is 1. The molecule has 4 rings (SSSR count). The molecule has 4 aromatic rings. The molecule has 0 fully saturated rings. The molecule has 0 aliphatic carbocycles. The van der Waals surface area contributed by atoms with Gasteiger partial charge in [-0.1, -0.05) is 62.4 Å². The maximum absolute atomic E-state index is 12.4. The number of anilines is 2. The van der Waals surface area contributed by atoms with Crippen LogP contribution in [0.5, 0.6) is 0 Å². The lowest BCUT2D eigenvalue weighted by Crippen LogP contribution is -2.25. The summed E-state index contributed by atoms with van der Waals surface area (Å²) in [6.45, 7) is 4.68. The maximum atomic E-state index is 12.4. The lowest BCUT2D eigenvalue weighted by molar-refractivity contribution is 0.0696. The van der Waals surface area contributed by atoms with Gasteiger partial charge in [-0.15, -0.1) is 0 Å². The summed E-state index contributed by atoms with van der Waals surface area (Å²) in [4.78, 5) is 25.9. The Balaban J connectivity index is 1.77. The molecule has 0 unspecified atom stereocenters. The summed E-state index contributed by atoms with van der Waals surface area (Å²) >= 11 is 0. The van der Waals surface area contributed by atoms with E-state index in [1.165, 1.54) is 6.07 Å². The molecule has 0 saturated heterocycles. The lowest BCUT2D eigenvalue weighted by Gasteiger charge is -2.25. The number of nitrogens with two attached hydrogens (primary N) is 1. The van der Waals surface area contributed by atoms with Crippen molar-refractivity contribution in [3.63, 3.8) is 0 Å². The number of aromatic carboxylic acids is 1. The van der Waals surface area contributed by atoms with Crippen molar-refractivity contribution in [3.8, 4) is 6.07 Å². The minimum absolute atomic E-state index is 0.119. The molecule has 0 bridgehead atoms. The van der Waals surface area contributed by atoms with E-state index in [0.717, 1.165) is 5.69 Å². The molecule has 0 atom stereocenters. The fourth-order valence-electron chi connectivity index (χ4n) is 4.11. The number of carbonyl (C=O) groups excluding carboxylic acids is 1. The largest absolute Gasteiger partial charge is 0.478 e. The fourth-order valence-corrected chi connectivity index (χ4v) is 4.11. The first kappa shape index (κ1) is 24.3. The van der Waals surface area contributed by atoms with Gasteiger partial charge in [0.05, 0.1) is 17.2 Å². The average Bonchev–Trinajstić information content (AvgIpc) is 3.25. The van der Waals surface area contributed by atoms with Crippen molar-refractivity contribution < 1.29 is 19.1 Å². The predicted octanol–water partition coefficient (Wildman–Crippen LogP) is 6.09. The Morgan fingerprint density at radius 1 is 1.06 bits per heavy atom. The highest BCUT2D eigenvalue weighted by Crippen LogP contribution is 2.37. The van der Waals surface area contributed by atoms with Crippen LogP contribution >= 0.6 is 0 Å². The Bertz CT molecular complexity index is 1510. The van der Waals surface area contributed by atoms with E-state index < -0.39 is 11.9 Å². The third kappa shape index (κ3) is 4.84. The van der Waals surface area contributed by atoms with Crippen LogP contribution in [0.2, 0.25) is 0 Å². The minimum atomic E-state index is -1.06. The number of hydrogen-bond donors (Lipinski definition) is 2. The summed E-state index contributed by atoms with van der Waals surface area (Å²) in [5.41, 5.74) is 8.92. The third-order valence-electron chi connectivity index (χ3n) is 5.72. The first-order valence-corrected chi connectivity index (χ1v) is 11.4. The SMILES string of the molecule is CC(C)CN(c1ccc(/C(C#N)=C/c2ccccc2C(=O)O)cc1)c1oc2ccccc2c1C(N)=O. The van der Waals surface area contributed by atoms with Gasteiger partial charge in [0.1, 0.15) is 11.1 Å². The van der Waals surface area contributed by atoms with Crippen LogP contribution in [0.3, 0.4) is 0 Å². The van der Waals surface area contributed by atoms with Crippen molar-refractivity contribution in [2.24, 2.45) is 11.7 Å². The normalized spacial score (nSPS) is 11.4. The molecule has 3 N–H and O–H groups in total. The number of carbonyl (C=O) groups is 2. The molecule has 0 aliphatic heterocycles. The number of para-hydroxylation sites is 1. The molecule has 36 heavy (non-hydrogen) atoms. The molecule has 180 valence electrons. The van der Waals surface area contributed by atoms with Gasteiger partial charge < -0.3 is 20.2 Å². The van der Waals surface area contributed by atoms with Gasteiger partial charge in [0.15, 0.2) is 0 Å². The van der Waals surface area contributed by atoms with Gasteiger partial charge >= 0.3 is 5.97 Å². The Morgan fingerprint density at radius 2 is 1.72 bits per heavy atom. The van der Waals surface area contributed by atoms with E-state index >= 15 is 0 Å². The molecule has 0 aliphatic rings. The van der Waals surface area contributed by atoms with E-state index in [9.17, 15) is 20.0 Å². The number of carboxylic acid groups (broad SMARTS) is 1. The van der Waals surface area contributed by atoms with Gasteiger partial charge in [0.2, 0.25) is 5.88 Å². The maximum Gasteiger partial charge on any atom is 0.336 e. The summed E-state index contributed by atoms with van der Waals surface area (Å²) < 4.78 is 6.10. The molecule has 1 aromatic heterocycles. The van der Waals surface area contributed by atoms with Crippen LogP contribution in [0.25, 0.3) is 22.6 Å². The second-order valence-electron chi connectivity index (χ2n) is 8.76. The Kier molecular flexibility index (Phi) is 6.88. The molecule has 1 amide bonds. The molecule has 3 aromatic carbocycles. The van der Waals surface area contributed by atoms with Crippen LogP contribution in [-0.2, 0) is 0 Å². The van der Waals surface area contributed by atoms with Crippen LogP contribution in [-0.4, -0.2) is 23.5 Å². The number of fused-ring (bicyclic) bond motifs is 1. The molecule has 7 nitrogen and oxygen atoms in total. The number of furan rings is 1. The van der Waals surface area contributed by atoms with Gasteiger partial charge in [-0.05, 0) is 47.4 Å². The number of primary amides is 1. The second kappa shape index (κ2) is 10.2. The summed E-state index contributed by atoms with van der Waals surface area (Å²) in [5, 5.41) is 19.9. The zero-order chi connectivity index (χ0) is 25.8. The Morgan fingerprint density at radius 3 is 2.36 bits per heavy atom. The van der Waals surface area contributed by atoms with Crippen LogP contribution in [0.1, 0.15) is 45.7 Å². The molecule has 1 heterocycles. The van der Waals surface area contributed by atoms with Gasteiger partial charge in [-0.2, -0.15) is 5.26 Å². The monoisotopic (exact) mass is 479 g/mol. The van der Waals surface area contributed by atoms with Crippen molar-refractivity contribution in [2.45, 2.75) is 13.8 Å². The van der Waals surface area contributed by atoms with E-state index in [-0.39, 0.29) is 11.5 Å². The van der Waals surface area contributed by atoms with Crippen molar-refractivity contribution in [3.05, 3.63) is 95.1 Å². The number of amides is 1.